The smallest absolute Gasteiger partial charge is 0.191 e. The highest BCUT2D eigenvalue weighted by molar-refractivity contribution is 5.99. The molecule has 2 N–H and O–H groups in total. The van der Waals surface area contributed by atoms with Gasteiger partial charge in [-0.05, 0) is 24.9 Å². The summed E-state index contributed by atoms with van der Waals surface area (Å²) in [7, 11) is 0. The van der Waals surface area contributed by atoms with E-state index in [1.54, 1.807) is 0 Å². The molecule has 2 aromatic rings. The highest BCUT2D eigenvalue weighted by Gasteiger charge is 2.34. The van der Waals surface area contributed by atoms with E-state index >= 15 is 0 Å². The van der Waals surface area contributed by atoms with Crippen molar-refractivity contribution >= 4 is 5.78 Å². The number of hydrogen-bond donors (Lipinski definition) is 2. The largest absolute Gasteiger partial charge is 0.391 e. The van der Waals surface area contributed by atoms with Crippen molar-refractivity contribution in [3.8, 4) is 0 Å². The van der Waals surface area contributed by atoms with Crippen LogP contribution in [0.5, 0.6) is 0 Å². The predicted molar refractivity (Wildman–Crippen MR) is 97.7 cm³/mol. The molecule has 1 fully saturated rings. The van der Waals surface area contributed by atoms with E-state index in [4.69, 9.17) is 4.74 Å². The fourth-order valence-electron chi connectivity index (χ4n) is 2.83. The lowest BCUT2D eigenvalue weighted by Gasteiger charge is -2.17. The minimum Gasteiger partial charge on any atom is -0.391 e. The third kappa shape index (κ3) is 5.49. The number of ether oxygens (including phenoxy) is 1. The van der Waals surface area contributed by atoms with Gasteiger partial charge in [0.25, 0.3) is 0 Å². The maximum atomic E-state index is 12.8. The molecule has 4 heteroatoms. The van der Waals surface area contributed by atoms with Crippen LogP contribution < -0.4 is 5.32 Å². The van der Waals surface area contributed by atoms with Crippen LogP contribution >= 0.6 is 0 Å². The Balaban J connectivity index is 1.55. The normalized spacial score (nSPS) is 20.2. The van der Waals surface area contributed by atoms with Crippen LogP contribution in [0.1, 0.15) is 28.8 Å². The zero-order valence-corrected chi connectivity index (χ0v) is 14.3. The molecule has 0 spiro atoms. The van der Waals surface area contributed by atoms with Crippen molar-refractivity contribution in [2.45, 2.75) is 37.5 Å². The summed E-state index contributed by atoms with van der Waals surface area (Å²) in [5, 5.41) is 12.6. The summed E-state index contributed by atoms with van der Waals surface area (Å²) in [4.78, 5) is 12.8. The standard InChI is InChI=1S/C21H25NO3/c23-19-15-18(19)22-12-7-13-25-20(14-16-8-3-1-4-9-16)21(24)17-10-5-2-6-11-17/h1-6,8-11,18-20,22-23H,7,12-15H2. The molecular weight excluding hydrogens is 314 g/mol. The molecule has 25 heavy (non-hydrogen) atoms. The van der Waals surface area contributed by atoms with Gasteiger partial charge in [-0.1, -0.05) is 60.7 Å². The number of carbonyl (C=O) groups is 1. The molecule has 132 valence electrons. The Morgan fingerprint density at radius 2 is 1.76 bits per heavy atom. The summed E-state index contributed by atoms with van der Waals surface area (Å²) in [6.45, 7) is 1.31. The highest BCUT2D eigenvalue weighted by Crippen LogP contribution is 2.20. The molecule has 0 aliphatic heterocycles. The van der Waals surface area contributed by atoms with Crippen LogP contribution in [-0.2, 0) is 11.2 Å². The van der Waals surface area contributed by atoms with Gasteiger partial charge in [-0.2, -0.15) is 0 Å². The highest BCUT2D eigenvalue weighted by atomic mass is 16.5. The Kier molecular flexibility index (Phi) is 6.34. The van der Waals surface area contributed by atoms with Crippen molar-refractivity contribution in [2.75, 3.05) is 13.2 Å². The summed E-state index contributed by atoms with van der Waals surface area (Å²) >= 11 is 0. The van der Waals surface area contributed by atoms with Gasteiger partial charge in [-0.25, -0.2) is 0 Å². The van der Waals surface area contributed by atoms with Gasteiger partial charge < -0.3 is 15.2 Å². The first-order valence-electron chi connectivity index (χ1n) is 8.90. The number of benzene rings is 2. The topological polar surface area (TPSA) is 58.6 Å². The van der Waals surface area contributed by atoms with Crippen molar-refractivity contribution in [1.82, 2.24) is 5.32 Å². The van der Waals surface area contributed by atoms with Crippen molar-refractivity contribution in [1.29, 1.82) is 0 Å². The van der Waals surface area contributed by atoms with Gasteiger partial charge in [0.05, 0.1) is 6.10 Å². The fraction of sp³-hybridized carbons (Fsp3) is 0.381. The second-order valence-corrected chi connectivity index (χ2v) is 6.50. The Morgan fingerprint density at radius 3 is 2.40 bits per heavy atom. The first kappa shape index (κ1) is 17.8. The minimum atomic E-state index is -0.476. The minimum absolute atomic E-state index is 0.0232. The quantitative estimate of drug-likeness (QED) is 0.516. The lowest BCUT2D eigenvalue weighted by atomic mass is 10.00. The third-order valence-corrected chi connectivity index (χ3v) is 4.42. The molecule has 3 unspecified atom stereocenters. The van der Waals surface area contributed by atoms with Gasteiger partial charge in [0.1, 0.15) is 6.10 Å². The number of aliphatic hydroxyl groups is 1. The molecule has 0 radical (unpaired) electrons. The Labute approximate surface area is 148 Å². The number of nitrogens with one attached hydrogen (secondary N) is 1. The predicted octanol–water partition coefficient (Wildman–Crippen LogP) is 2.61. The fourth-order valence-corrected chi connectivity index (χ4v) is 2.83. The maximum Gasteiger partial charge on any atom is 0.191 e. The van der Waals surface area contributed by atoms with Crippen LogP contribution in [0.3, 0.4) is 0 Å². The lowest BCUT2D eigenvalue weighted by Crippen LogP contribution is -2.29. The molecule has 1 saturated carbocycles. The van der Waals surface area contributed by atoms with Gasteiger partial charge in [0.15, 0.2) is 5.78 Å². The van der Waals surface area contributed by atoms with Crippen LogP contribution in [0.4, 0.5) is 0 Å². The van der Waals surface area contributed by atoms with E-state index in [-0.39, 0.29) is 17.9 Å². The molecule has 1 aliphatic rings. The van der Waals surface area contributed by atoms with Crippen LogP contribution in [0, 0.1) is 0 Å². The van der Waals surface area contributed by atoms with E-state index < -0.39 is 6.10 Å². The van der Waals surface area contributed by atoms with E-state index in [1.165, 1.54) is 0 Å². The number of ketones is 1. The average Bonchev–Trinajstić information content (AvgIpc) is 3.36. The molecule has 0 amide bonds. The number of carbonyl (C=O) groups excluding carboxylic acids is 1. The molecule has 3 rings (SSSR count). The molecule has 4 nitrogen and oxygen atoms in total. The maximum absolute atomic E-state index is 12.8. The second kappa shape index (κ2) is 8.90. The zero-order valence-electron chi connectivity index (χ0n) is 14.3. The van der Waals surface area contributed by atoms with Crippen LogP contribution in [-0.4, -0.2) is 42.3 Å². The first-order chi connectivity index (χ1) is 12.2. The summed E-state index contributed by atoms with van der Waals surface area (Å²) < 4.78 is 5.94. The van der Waals surface area contributed by atoms with Crippen molar-refractivity contribution in [2.24, 2.45) is 0 Å². The molecule has 2 aromatic carbocycles. The SMILES string of the molecule is O=C(c1ccccc1)C(Cc1ccccc1)OCCCNC1CC1O. The van der Waals surface area contributed by atoms with Gasteiger partial charge in [-0.3, -0.25) is 4.79 Å². The molecule has 1 aliphatic carbocycles. The summed E-state index contributed by atoms with van der Waals surface area (Å²) in [5.74, 6) is 0.0232. The summed E-state index contributed by atoms with van der Waals surface area (Å²) in [6, 6.07) is 19.5. The summed E-state index contributed by atoms with van der Waals surface area (Å²) in [5.41, 5.74) is 1.78. The van der Waals surface area contributed by atoms with Crippen LogP contribution in [0.2, 0.25) is 0 Å². The first-order valence-corrected chi connectivity index (χ1v) is 8.90. The molecule has 0 heterocycles. The van der Waals surface area contributed by atoms with Gasteiger partial charge in [0.2, 0.25) is 0 Å². The Hall–Kier alpha value is -2.01. The molecule has 0 aromatic heterocycles. The number of hydrogen-bond acceptors (Lipinski definition) is 4. The second-order valence-electron chi connectivity index (χ2n) is 6.50. The number of Topliss-reactive ketones (excluding diaryl/α,β-unsaturated/α-hetero) is 1. The average molecular weight is 339 g/mol. The molecule has 0 saturated heterocycles. The molecular formula is C21H25NO3. The third-order valence-electron chi connectivity index (χ3n) is 4.42. The number of rotatable bonds is 10. The Bertz CT molecular complexity index is 659. The molecule has 0 bridgehead atoms. The monoisotopic (exact) mass is 339 g/mol. The zero-order chi connectivity index (χ0) is 17.5. The van der Waals surface area contributed by atoms with E-state index in [2.05, 4.69) is 5.32 Å². The summed E-state index contributed by atoms with van der Waals surface area (Å²) in [6.07, 6.45) is 1.56. The van der Waals surface area contributed by atoms with Crippen LogP contribution in [0.15, 0.2) is 60.7 Å². The van der Waals surface area contributed by atoms with E-state index in [1.807, 2.05) is 60.7 Å². The van der Waals surface area contributed by atoms with Crippen molar-refractivity contribution < 1.29 is 14.6 Å². The Morgan fingerprint density at radius 1 is 1.12 bits per heavy atom. The lowest BCUT2D eigenvalue weighted by molar-refractivity contribution is 0.0403. The number of aliphatic hydroxyl groups excluding tert-OH is 1. The van der Waals surface area contributed by atoms with Gasteiger partial charge >= 0.3 is 0 Å². The van der Waals surface area contributed by atoms with E-state index in [0.717, 1.165) is 24.9 Å². The van der Waals surface area contributed by atoms with Crippen molar-refractivity contribution in [3.05, 3.63) is 71.8 Å². The van der Waals surface area contributed by atoms with Crippen molar-refractivity contribution in [3.63, 3.8) is 0 Å². The van der Waals surface area contributed by atoms with Gasteiger partial charge in [0, 0.05) is 24.6 Å². The van der Waals surface area contributed by atoms with Crippen LogP contribution in [0.25, 0.3) is 0 Å². The van der Waals surface area contributed by atoms with Gasteiger partial charge in [-0.15, -0.1) is 0 Å². The molecule has 3 atom stereocenters. The van der Waals surface area contributed by atoms with E-state index in [0.29, 0.717) is 18.6 Å². The van der Waals surface area contributed by atoms with E-state index in [9.17, 15) is 9.90 Å².